The summed E-state index contributed by atoms with van der Waals surface area (Å²) in [5, 5.41) is 5.09. The lowest BCUT2D eigenvalue weighted by Gasteiger charge is -2.09. The first-order chi connectivity index (χ1) is 12.1. The summed E-state index contributed by atoms with van der Waals surface area (Å²) in [6.07, 6.45) is 1.94. The Balaban J connectivity index is 1.72. The van der Waals surface area contributed by atoms with Crippen molar-refractivity contribution in [2.24, 2.45) is 0 Å². The van der Waals surface area contributed by atoms with E-state index < -0.39 is 11.8 Å². The van der Waals surface area contributed by atoms with Crippen LogP contribution in [0.15, 0.2) is 53.4 Å². The minimum Gasteiger partial charge on any atom is -0.497 e. The molecule has 0 fully saturated rings. The van der Waals surface area contributed by atoms with Gasteiger partial charge in [0.1, 0.15) is 18.1 Å². The minimum absolute atomic E-state index is 0.225. The Hall–Kier alpha value is -2.67. The van der Waals surface area contributed by atoms with E-state index in [2.05, 4.69) is 10.6 Å². The van der Waals surface area contributed by atoms with Crippen LogP contribution in [0, 0.1) is 0 Å². The number of ether oxygens (including phenoxy) is 2. The topological polar surface area (TPSA) is 76.7 Å². The maximum atomic E-state index is 11.9. The molecule has 0 radical (unpaired) electrons. The summed E-state index contributed by atoms with van der Waals surface area (Å²) in [4.78, 5) is 24.7. The molecule has 2 rings (SSSR count). The van der Waals surface area contributed by atoms with Crippen molar-refractivity contribution < 1.29 is 19.1 Å². The second-order valence-corrected chi connectivity index (χ2v) is 5.85. The number of anilines is 1. The third-order valence-electron chi connectivity index (χ3n) is 3.25. The Bertz CT molecular complexity index is 719. The molecule has 2 aromatic rings. The van der Waals surface area contributed by atoms with E-state index in [1.54, 1.807) is 49.2 Å². The lowest BCUT2D eigenvalue weighted by Crippen LogP contribution is -2.37. The summed E-state index contributed by atoms with van der Waals surface area (Å²) in [5.41, 5.74) is 0.585. The zero-order chi connectivity index (χ0) is 18.1. The van der Waals surface area contributed by atoms with Gasteiger partial charge in [-0.1, -0.05) is 6.07 Å². The number of carbonyl (C=O) groups is 2. The molecule has 132 valence electrons. The first-order valence-corrected chi connectivity index (χ1v) is 8.85. The quantitative estimate of drug-likeness (QED) is 0.451. The van der Waals surface area contributed by atoms with Crippen molar-refractivity contribution in [3.63, 3.8) is 0 Å². The van der Waals surface area contributed by atoms with Crippen LogP contribution in [0.4, 0.5) is 5.69 Å². The first-order valence-electron chi connectivity index (χ1n) is 7.62. The standard InChI is InChI=1S/C18H20N2O4S/c1-23-14-6-8-15(9-7-14)24-11-10-19-17(21)18(22)20-13-4-3-5-16(12-13)25-2/h3-9,12H,10-11H2,1-2H3,(H,19,21)(H,20,22). The highest BCUT2D eigenvalue weighted by Gasteiger charge is 2.13. The molecular formula is C18H20N2O4S. The molecule has 2 aromatic carbocycles. The minimum atomic E-state index is -0.706. The molecular weight excluding hydrogens is 340 g/mol. The molecule has 0 heterocycles. The van der Waals surface area contributed by atoms with Crippen LogP contribution in [-0.4, -0.2) is 38.3 Å². The number of amides is 2. The highest BCUT2D eigenvalue weighted by atomic mass is 32.2. The first kappa shape index (κ1) is 18.7. The van der Waals surface area contributed by atoms with Gasteiger partial charge in [-0.05, 0) is 48.7 Å². The van der Waals surface area contributed by atoms with Crippen molar-refractivity contribution >= 4 is 29.3 Å². The number of benzene rings is 2. The number of rotatable bonds is 7. The Kier molecular flexibility index (Phi) is 7.16. The normalized spacial score (nSPS) is 10.0. The van der Waals surface area contributed by atoms with Gasteiger partial charge in [0.2, 0.25) is 0 Å². The number of hydrogen-bond donors (Lipinski definition) is 2. The van der Waals surface area contributed by atoms with E-state index in [9.17, 15) is 9.59 Å². The highest BCUT2D eigenvalue weighted by molar-refractivity contribution is 7.98. The van der Waals surface area contributed by atoms with Gasteiger partial charge in [0.05, 0.1) is 13.7 Å². The Morgan fingerprint density at radius 2 is 1.76 bits per heavy atom. The fourth-order valence-electron chi connectivity index (χ4n) is 1.97. The smallest absolute Gasteiger partial charge is 0.313 e. The molecule has 0 unspecified atom stereocenters. The van der Waals surface area contributed by atoms with Gasteiger partial charge in [0, 0.05) is 10.6 Å². The van der Waals surface area contributed by atoms with Crippen molar-refractivity contribution in [1.29, 1.82) is 0 Å². The van der Waals surface area contributed by atoms with Gasteiger partial charge in [0.25, 0.3) is 0 Å². The molecule has 7 heteroatoms. The van der Waals surface area contributed by atoms with Crippen molar-refractivity contribution in [3.05, 3.63) is 48.5 Å². The summed E-state index contributed by atoms with van der Waals surface area (Å²) in [7, 11) is 1.59. The van der Waals surface area contributed by atoms with Crippen molar-refractivity contribution in [1.82, 2.24) is 5.32 Å². The second kappa shape index (κ2) is 9.58. The predicted octanol–water partition coefficient (Wildman–Crippen LogP) is 2.55. The molecule has 25 heavy (non-hydrogen) atoms. The van der Waals surface area contributed by atoms with Gasteiger partial charge in [-0.15, -0.1) is 11.8 Å². The average molecular weight is 360 g/mol. The van der Waals surface area contributed by atoms with Crippen LogP contribution in [0.25, 0.3) is 0 Å². The van der Waals surface area contributed by atoms with Gasteiger partial charge in [-0.25, -0.2) is 0 Å². The van der Waals surface area contributed by atoms with Crippen LogP contribution < -0.4 is 20.1 Å². The average Bonchev–Trinajstić information content (AvgIpc) is 2.65. The molecule has 0 aliphatic carbocycles. The van der Waals surface area contributed by atoms with E-state index >= 15 is 0 Å². The maximum absolute atomic E-state index is 11.9. The largest absolute Gasteiger partial charge is 0.497 e. The summed E-state index contributed by atoms with van der Waals surface area (Å²) >= 11 is 1.56. The third kappa shape index (κ3) is 6.04. The Labute approximate surface area is 150 Å². The highest BCUT2D eigenvalue weighted by Crippen LogP contribution is 2.19. The molecule has 2 N–H and O–H groups in total. The second-order valence-electron chi connectivity index (χ2n) is 4.97. The van der Waals surface area contributed by atoms with Crippen LogP contribution >= 0.6 is 11.8 Å². The maximum Gasteiger partial charge on any atom is 0.313 e. The van der Waals surface area contributed by atoms with Gasteiger partial charge in [-0.3, -0.25) is 9.59 Å². The lowest BCUT2D eigenvalue weighted by atomic mass is 10.3. The third-order valence-corrected chi connectivity index (χ3v) is 3.97. The van der Waals surface area contributed by atoms with Crippen LogP contribution in [0.3, 0.4) is 0 Å². The van der Waals surface area contributed by atoms with Crippen LogP contribution in [-0.2, 0) is 9.59 Å². The number of methoxy groups -OCH3 is 1. The molecule has 0 saturated heterocycles. The summed E-state index contributed by atoms with van der Waals surface area (Å²) in [6.45, 7) is 0.483. The molecule has 0 bridgehead atoms. The monoisotopic (exact) mass is 360 g/mol. The van der Waals surface area contributed by atoms with E-state index in [4.69, 9.17) is 9.47 Å². The van der Waals surface area contributed by atoms with Crippen LogP contribution in [0.2, 0.25) is 0 Å². The molecule has 0 aliphatic heterocycles. The zero-order valence-corrected chi connectivity index (χ0v) is 14.9. The number of hydrogen-bond acceptors (Lipinski definition) is 5. The zero-order valence-electron chi connectivity index (χ0n) is 14.1. The van der Waals surface area contributed by atoms with Crippen LogP contribution in [0.1, 0.15) is 0 Å². The van der Waals surface area contributed by atoms with Crippen molar-refractivity contribution in [2.75, 3.05) is 31.8 Å². The fraction of sp³-hybridized carbons (Fsp3) is 0.222. The molecule has 0 aliphatic rings. The number of carbonyl (C=O) groups excluding carboxylic acids is 2. The van der Waals surface area contributed by atoms with Gasteiger partial charge in [0.15, 0.2) is 0 Å². The lowest BCUT2D eigenvalue weighted by molar-refractivity contribution is -0.136. The van der Waals surface area contributed by atoms with E-state index in [1.807, 2.05) is 24.5 Å². The molecule has 6 nitrogen and oxygen atoms in total. The summed E-state index contributed by atoms with van der Waals surface area (Å²) < 4.78 is 10.5. The van der Waals surface area contributed by atoms with Gasteiger partial charge in [-0.2, -0.15) is 0 Å². The predicted molar refractivity (Wildman–Crippen MR) is 98.4 cm³/mol. The van der Waals surface area contributed by atoms with Gasteiger partial charge >= 0.3 is 11.8 Å². The Morgan fingerprint density at radius 1 is 1.04 bits per heavy atom. The van der Waals surface area contributed by atoms with E-state index in [0.717, 1.165) is 10.6 Å². The van der Waals surface area contributed by atoms with Gasteiger partial charge < -0.3 is 20.1 Å². The molecule has 0 aromatic heterocycles. The number of thioether (sulfide) groups is 1. The molecule has 0 saturated carbocycles. The van der Waals surface area contributed by atoms with Crippen molar-refractivity contribution in [3.8, 4) is 11.5 Å². The SMILES string of the molecule is COc1ccc(OCCNC(=O)C(=O)Nc2cccc(SC)c2)cc1. The Morgan fingerprint density at radius 3 is 2.44 bits per heavy atom. The van der Waals surface area contributed by atoms with E-state index in [0.29, 0.717) is 11.4 Å². The fourth-order valence-corrected chi connectivity index (χ4v) is 2.43. The van der Waals surface area contributed by atoms with E-state index in [-0.39, 0.29) is 13.2 Å². The van der Waals surface area contributed by atoms with E-state index in [1.165, 1.54) is 0 Å². The molecule has 2 amide bonds. The number of nitrogens with one attached hydrogen (secondary N) is 2. The molecule has 0 spiro atoms. The summed E-state index contributed by atoms with van der Waals surface area (Å²) in [5.74, 6) is -0.00756. The summed E-state index contributed by atoms with van der Waals surface area (Å²) in [6, 6.07) is 14.4. The molecule has 0 atom stereocenters. The van der Waals surface area contributed by atoms with Crippen molar-refractivity contribution in [2.45, 2.75) is 4.90 Å². The van der Waals surface area contributed by atoms with Crippen LogP contribution in [0.5, 0.6) is 11.5 Å².